The van der Waals surface area contributed by atoms with Crippen LogP contribution in [0.25, 0.3) is 6.08 Å². The fraction of sp³-hybridized carbons (Fsp3) is 0.0833. The van der Waals surface area contributed by atoms with Gasteiger partial charge in [0.15, 0.2) is 5.78 Å². The van der Waals surface area contributed by atoms with Crippen LogP contribution in [0.15, 0.2) is 30.3 Å². The molecule has 0 unspecified atom stereocenters. The molecule has 0 spiro atoms. The summed E-state index contributed by atoms with van der Waals surface area (Å²) in [6.45, 7) is 2.04. The summed E-state index contributed by atoms with van der Waals surface area (Å²) in [7, 11) is 0. The van der Waals surface area contributed by atoms with Gasteiger partial charge >= 0.3 is 0 Å². The van der Waals surface area contributed by atoms with Gasteiger partial charge in [-0.2, -0.15) is 0 Å². The minimum absolute atomic E-state index is 0.00273. The Morgan fingerprint density at radius 1 is 1.25 bits per heavy atom. The number of thiophene rings is 2. The standard InChI is InChI=1S/C12H9ClOS2/c1-8-2-3-9(15-8)4-5-10(14)11-6-7-12(13)16-11/h2-7H,1H3/b5-4+. The van der Waals surface area contributed by atoms with E-state index in [0.717, 1.165) is 4.88 Å². The van der Waals surface area contributed by atoms with Crippen LogP contribution < -0.4 is 0 Å². The van der Waals surface area contributed by atoms with Crippen molar-refractivity contribution < 1.29 is 4.79 Å². The van der Waals surface area contributed by atoms with Gasteiger partial charge in [0.1, 0.15) is 0 Å². The molecule has 0 aliphatic heterocycles. The number of rotatable bonds is 3. The molecule has 0 fully saturated rings. The number of aryl methyl sites for hydroxylation is 1. The average Bonchev–Trinajstić information content (AvgIpc) is 2.84. The van der Waals surface area contributed by atoms with E-state index in [0.29, 0.717) is 9.21 Å². The highest BCUT2D eigenvalue weighted by Gasteiger charge is 2.04. The lowest BCUT2D eigenvalue weighted by molar-refractivity contribution is 0.105. The maximum Gasteiger partial charge on any atom is 0.195 e. The van der Waals surface area contributed by atoms with E-state index >= 15 is 0 Å². The van der Waals surface area contributed by atoms with Crippen LogP contribution in [0, 0.1) is 6.92 Å². The molecular formula is C12H9ClOS2. The Balaban J connectivity index is 2.10. The van der Waals surface area contributed by atoms with E-state index < -0.39 is 0 Å². The van der Waals surface area contributed by atoms with Crippen LogP contribution in [0.5, 0.6) is 0 Å². The highest BCUT2D eigenvalue weighted by molar-refractivity contribution is 7.18. The Kier molecular flexibility index (Phi) is 3.59. The smallest absolute Gasteiger partial charge is 0.195 e. The van der Waals surface area contributed by atoms with Crippen molar-refractivity contribution >= 4 is 46.1 Å². The zero-order valence-corrected chi connectivity index (χ0v) is 11.0. The van der Waals surface area contributed by atoms with Crippen molar-refractivity contribution in [3.8, 4) is 0 Å². The predicted octanol–water partition coefficient (Wildman–Crippen LogP) is 4.67. The summed E-state index contributed by atoms with van der Waals surface area (Å²) < 4.78 is 0.642. The molecule has 0 aliphatic carbocycles. The van der Waals surface area contributed by atoms with E-state index in [-0.39, 0.29) is 5.78 Å². The molecule has 0 aliphatic rings. The van der Waals surface area contributed by atoms with Gasteiger partial charge in [0, 0.05) is 9.75 Å². The second-order valence-electron chi connectivity index (χ2n) is 3.25. The van der Waals surface area contributed by atoms with Gasteiger partial charge in [0.2, 0.25) is 0 Å². The van der Waals surface area contributed by atoms with Gasteiger partial charge in [-0.3, -0.25) is 4.79 Å². The fourth-order valence-electron chi connectivity index (χ4n) is 1.23. The van der Waals surface area contributed by atoms with Gasteiger partial charge < -0.3 is 0 Å². The number of halogens is 1. The first kappa shape index (κ1) is 11.6. The SMILES string of the molecule is Cc1ccc(/C=C/C(=O)c2ccc(Cl)s2)s1. The van der Waals surface area contributed by atoms with Crippen LogP contribution in [0.1, 0.15) is 19.4 Å². The lowest BCUT2D eigenvalue weighted by Crippen LogP contribution is -1.87. The molecule has 2 aromatic rings. The molecule has 1 nitrogen and oxygen atoms in total. The zero-order valence-electron chi connectivity index (χ0n) is 8.57. The van der Waals surface area contributed by atoms with Gasteiger partial charge in [0.25, 0.3) is 0 Å². The van der Waals surface area contributed by atoms with Gasteiger partial charge in [-0.15, -0.1) is 22.7 Å². The highest BCUT2D eigenvalue weighted by Crippen LogP contribution is 2.23. The van der Waals surface area contributed by atoms with E-state index in [1.54, 1.807) is 29.5 Å². The Morgan fingerprint density at radius 3 is 2.62 bits per heavy atom. The highest BCUT2D eigenvalue weighted by atomic mass is 35.5. The third-order valence-electron chi connectivity index (χ3n) is 1.98. The molecule has 2 heterocycles. The topological polar surface area (TPSA) is 17.1 Å². The molecule has 0 saturated carbocycles. The van der Waals surface area contributed by atoms with E-state index in [1.165, 1.54) is 16.2 Å². The van der Waals surface area contributed by atoms with Gasteiger partial charge in [-0.05, 0) is 43.3 Å². The number of ketones is 1. The van der Waals surface area contributed by atoms with E-state index in [2.05, 4.69) is 0 Å². The largest absolute Gasteiger partial charge is 0.288 e. The molecule has 0 bridgehead atoms. The van der Waals surface area contributed by atoms with Crippen LogP contribution in [0.3, 0.4) is 0 Å². The molecule has 0 aromatic carbocycles. The lowest BCUT2D eigenvalue weighted by atomic mass is 10.3. The minimum Gasteiger partial charge on any atom is -0.288 e. The Morgan fingerprint density at radius 2 is 2.06 bits per heavy atom. The van der Waals surface area contributed by atoms with Gasteiger partial charge in [0.05, 0.1) is 9.21 Å². The van der Waals surface area contributed by atoms with Crippen molar-refractivity contribution in [1.29, 1.82) is 0 Å². The van der Waals surface area contributed by atoms with Crippen molar-refractivity contribution in [2.75, 3.05) is 0 Å². The summed E-state index contributed by atoms with van der Waals surface area (Å²) in [5.74, 6) is 0.00273. The number of hydrogen-bond donors (Lipinski definition) is 0. The van der Waals surface area contributed by atoms with Crippen molar-refractivity contribution in [3.63, 3.8) is 0 Å². The van der Waals surface area contributed by atoms with Crippen LogP contribution in [-0.4, -0.2) is 5.78 Å². The van der Waals surface area contributed by atoms with Crippen LogP contribution >= 0.6 is 34.3 Å². The van der Waals surface area contributed by atoms with Crippen molar-refractivity contribution in [1.82, 2.24) is 0 Å². The molecule has 0 saturated heterocycles. The quantitative estimate of drug-likeness (QED) is 0.584. The fourth-order valence-corrected chi connectivity index (χ4v) is 2.97. The molecule has 0 radical (unpaired) electrons. The van der Waals surface area contributed by atoms with Crippen molar-refractivity contribution in [2.45, 2.75) is 6.92 Å². The number of carbonyl (C=O) groups is 1. The van der Waals surface area contributed by atoms with E-state index in [4.69, 9.17) is 11.6 Å². The first-order valence-electron chi connectivity index (χ1n) is 4.69. The Hall–Kier alpha value is -0.900. The van der Waals surface area contributed by atoms with Crippen molar-refractivity contribution in [3.05, 3.63) is 49.3 Å². The monoisotopic (exact) mass is 268 g/mol. The lowest BCUT2D eigenvalue weighted by Gasteiger charge is -1.87. The van der Waals surface area contributed by atoms with Crippen LogP contribution in [-0.2, 0) is 0 Å². The number of allylic oxidation sites excluding steroid dienone is 1. The summed E-state index contributed by atoms with van der Waals surface area (Å²) in [6.07, 6.45) is 3.43. The molecule has 2 rings (SSSR count). The van der Waals surface area contributed by atoms with Gasteiger partial charge in [-0.1, -0.05) is 11.6 Å². The first-order chi connectivity index (χ1) is 7.65. The third kappa shape index (κ3) is 2.82. The van der Waals surface area contributed by atoms with E-state index in [1.807, 2.05) is 25.1 Å². The summed E-state index contributed by atoms with van der Waals surface area (Å²) >= 11 is 8.74. The summed E-state index contributed by atoms with van der Waals surface area (Å²) in [5, 5.41) is 0. The van der Waals surface area contributed by atoms with Crippen LogP contribution in [0.2, 0.25) is 4.34 Å². The number of hydrogen-bond acceptors (Lipinski definition) is 3. The summed E-state index contributed by atoms with van der Waals surface area (Å²) in [6, 6.07) is 7.53. The Labute approximate surface area is 107 Å². The van der Waals surface area contributed by atoms with Gasteiger partial charge in [-0.25, -0.2) is 0 Å². The zero-order chi connectivity index (χ0) is 11.5. The summed E-state index contributed by atoms with van der Waals surface area (Å²) in [4.78, 5) is 14.7. The number of carbonyl (C=O) groups excluding carboxylic acids is 1. The molecule has 0 atom stereocenters. The molecule has 16 heavy (non-hydrogen) atoms. The minimum atomic E-state index is 0.00273. The second-order valence-corrected chi connectivity index (χ2v) is 6.28. The molecule has 0 N–H and O–H groups in total. The molecular weight excluding hydrogens is 260 g/mol. The molecule has 0 amide bonds. The molecule has 2 aromatic heterocycles. The summed E-state index contributed by atoms with van der Waals surface area (Å²) in [5.41, 5.74) is 0. The second kappa shape index (κ2) is 4.95. The Bertz CT molecular complexity index is 537. The molecule has 82 valence electrons. The maximum atomic E-state index is 11.7. The van der Waals surface area contributed by atoms with Crippen molar-refractivity contribution in [2.24, 2.45) is 0 Å². The average molecular weight is 269 g/mol. The van der Waals surface area contributed by atoms with E-state index in [9.17, 15) is 4.79 Å². The first-order valence-corrected chi connectivity index (χ1v) is 6.70. The van der Waals surface area contributed by atoms with Crippen LogP contribution in [0.4, 0.5) is 0 Å². The maximum absolute atomic E-state index is 11.7. The molecule has 4 heteroatoms. The normalized spacial score (nSPS) is 11.1. The third-order valence-corrected chi connectivity index (χ3v) is 4.19. The predicted molar refractivity (Wildman–Crippen MR) is 71.7 cm³/mol.